The SMILES string of the molecule is NC1CCCCCC1(C(=O)O)C(=O)OCC1c2ccccc2-c2ccccc21. The van der Waals surface area contributed by atoms with Gasteiger partial charge in [0.05, 0.1) is 0 Å². The van der Waals surface area contributed by atoms with Crippen LogP contribution in [0, 0.1) is 5.41 Å². The van der Waals surface area contributed by atoms with Gasteiger partial charge in [0.25, 0.3) is 0 Å². The summed E-state index contributed by atoms with van der Waals surface area (Å²) in [5.74, 6) is -1.96. The molecule has 5 heteroatoms. The molecular weight excluding hydrogens is 354 g/mol. The highest BCUT2D eigenvalue weighted by molar-refractivity contribution is 6.00. The van der Waals surface area contributed by atoms with Gasteiger partial charge in [-0.05, 0) is 35.1 Å². The molecule has 0 saturated heterocycles. The van der Waals surface area contributed by atoms with Gasteiger partial charge in [0, 0.05) is 12.0 Å². The number of nitrogens with two attached hydrogens (primary N) is 1. The van der Waals surface area contributed by atoms with Crippen molar-refractivity contribution in [2.24, 2.45) is 11.1 Å². The van der Waals surface area contributed by atoms with Gasteiger partial charge in [-0.2, -0.15) is 0 Å². The standard InChI is InChI=1S/C23H25NO4/c24-20-12-2-1-7-13-23(20,21(25)26)22(27)28-14-19-17-10-5-3-8-15(17)16-9-4-6-11-18(16)19/h3-6,8-11,19-20H,1-2,7,12-14,24H2,(H,25,26). The molecule has 0 radical (unpaired) electrons. The second kappa shape index (κ2) is 7.40. The largest absolute Gasteiger partial charge is 0.480 e. The van der Waals surface area contributed by atoms with E-state index in [9.17, 15) is 14.7 Å². The quantitative estimate of drug-likeness (QED) is 0.480. The van der Waals surface area contributed by atoms with Crippen LogP contribution in [-0.2, 0) is 14.3 Å². The fourth-order valence-electron chi connectivity index (χ4n) is 4.71. The normalized spacial score (nSPS) is 24.1. The maximum atomic E-state index is 13.0. The molecule has 2 aromatic carbocycles. The number of carbonyl (C=O) groups excluding carboxylic acids is 1. The van der Waals surface area contributed by atoms with Crippen LogP contribution in [0.3, 0.4) is 0 Å². The van der Waals surface area contributed by atoms with Crippen LogP contribution in [0.5, 0.6) is 0 Å². The van der Waals surface area contributed by atoms with Crippen LogP contribution < -0.4 is 5.73 Å². The van der Waals surface area contributed by atoms with Gasteiger partial charge in [-0.15, -0.1) is 0 Å². The highest BCUT2D eigenvalue weighted by Gasteiger charge is 2.53. The Morgan fingerprint density at radius 3 is 2.21 bits per heavy atom. The maximum Gasteiger partial charge on any atom is 0.325 e. The Kier molecular flexibility index (Phi) is 4.94. The molecule has 2 atom stereocenters. The molecule has 0 aliphatic heterocycles. The van der Waals surface area contributed by atoms with Gasteiger partial charge in [0.2, 0.25) is 0 Å². The van der Waals surface area contributed by atoms with E-state index >= 15 is 0 Å². The highest BCUT2D eigenvalue weighted by Crippen LogP contribution is 2.45. The zero-order valence-corrected chi connectivity index (χ0v) is 15.8. The van der Waals surface area contributed by atoms with E-state index in [0.717, 1.165) is 35.1 Å². The molecule has 2 unspecified atom stereocenters. The van der Waals surface area contributed by atoms with E-state index in [-0.39, 0.29) is 18.9 Å². The summed E-state index contributed by atoms with van der Waals surface area (Å²) in [7, 11) is 0. The first kappa shape index (κ1) is 18.7. The molecule has 0 heterocycles. The number of benzene rings is 2. The Morgan fingerprint density at radius 2 is 1.61 bits per heavy atom. The summed E-state index contributed by atoms with van der Waals surface area (Å²) in [6, 6.07) is 15.4. The molecule has 28 heavy (non-hydrogen) atoms. The number of fused-ring (bicyclic) bond motifs is 3. The van der Waals surface area contributed by atoms with Gasteiger partial charge in [-0.3, -0.25) is 9.59 Å². The van der Waals surface area contributed by atoms with Crippen LogP contribution in [0.2, 0.25) is 0 Å². The molecule has 2 aliphatic rings. The molecule has 0 spiro atoms. The molecule has 1 fully saturated rings. The zero-order valence-electron chi connectivity index (χ0n) is 15.8. The summed E-state index contributed by atoms with van der Waals surface area (Å²) in [5, 5.41) is 9.88. The topological polar surface area (TPSA) is 89.6 Å². The molecule has 2 aliphatic carbocycles. The van der Waals surface area contributed by atoms with Crippen molar-refractivity contribution in [3.8, 4) is 11.1 Å². The number of rotatable bonds is 4. The van der Waals surface area contributed by atoms with Crippen molar-refractivity contribution in [2.75, 3.05) is 6.61 Å². The van der Waals surface area contributed by atoms with Crippen LogP contribution in [0.15, 0.2) is 48.5 Å². The fraction of sp³-hybridized carbons (Fsp3) is 0.391. The average molecular weight is 379 g/mol. The summed E-state index contributed by atoms with van der Waals surface area (Å²) in [6.07, 6.45) is 3.16. The number of carboxylic acids is 1. The molecule has 0 amide bonds. The summed E-state index contributed by atoms with van der Waals surface area (Å²) < 4.78 is 5.67. The Balaban J connectivity index is 1.60. The van der Waals surface area contributed by atoms with Gasteiger partial charge in [0.1, 0.15) is 6.61 Å². The average Bonchev–Trinajstić information content (AvgIpc) is 2.88. The lowest BCUT2D eigenvalue weighted by molar-refractivity contribution is -0.171. The lowest BCUT2D eigenvalue weighted by Gasteiger charge is -2.31. The zero-order chi connectivity index (χ0) is 19.7. The van der Waals surface area contributed by atoms with Crippen molar-refractivity contribution in [1.29, 1.82) is 0 Å². The van der Waals surface area contributed by atoms with Gasteiger partial charge in [-0.25, -0.2) is 0 Å². The van der Waals surface area contributed by atoms with Crippen molar-refractivity contribution in [1.82, 2.24) is 0 Å². The van der Waals surface area contributed by atoms with E-state index in [0.29, 0.717) is 12.8 Å². The van der Waals surface area contributed by atoms with E-state index in [1.54, 1.807) is 0 Å². The number of hydrogen-bond acceptors (Lipinski definition) is 4. The molecule has 146 valence electrons. The third-order valence-corrected chi connectivity index (χ3v) is 6.31. The predicted molar refractivity (Wildman–Crippen MR) is 106 cm³/mol. The van der Waals surface area contributed by atoms with Crippen molar-refractivity contribution in [2.45, 2.75) is 44.1 Å². The van der Waals surface area contributed by atoms with Crippen LogP contribution in [-0.4, -0.2) is 29.7 Å². The molecule has 5 nitrogen and oxygen atoms in total. The molecule has 0 aromatic heterocycles. The van der Waals surface area contributed by atoms with E-state index in [2.05, 4.69) is 12.1 Å². The maximum absolute atomic E-state index is 13.0. The Bertz CT molecular complexity index is 863. The minimum Gasteiger partial charge on any atom is -0.480 e. The summed E-state index contributed by atoms with van der Waals surface area (Å²) in [5.41, 5.74) is 9.01. The van der Waals surface area contributed by atoms with Gasteiger partial charge >= 0.3 is 11.9 Å². The van der Waals surface area contributed by atoms with E-state index in [1.807, 2.05) is 36.4 Å². The van der Waals surface area contributed by atoms with E-state index < -0.39 is 23.4 Å². The smallest absolute Gasteiger partial charge is 0.325 e. The third kappa shape index (κ3) is 2.90. The number of aliphatic carboxylic acids is 1. The summed E-state index contributed by atoms with van der Waals surface area (Å²) in [6.45, 7) is 0.120. The van der Waals surface area contributed by atoms with E-state index in [4.69, 9.17) is 10.5 Å². The van der Waals surface area contributed by atoms with Crippen LogP contribution in [0.1, 0.15) is 49.1 Å². The van der Waals surface area contributed by atoms with Crippen LogP contribution >= 0.6 is 0 Å². The Hall–Kier alpha value is -2.66. The first-order valence-electron chi connectivity index (χ1n) is 9.90. The Morgan fingerprint density at radius 1 is 1.00 bits per heavy atom. The Labute approximate surface area is 164 Å². The fourth-order valence-corrected chi connectivity index (χ4v) is 4.71. The summed E-state index contributed by atoms with van der Waals surface area (Å²) in [4.78, 5) is 25.1. The first-order valence-corrected chi connectivity index (χ1v) is 9.90. The molecule has 2 aromatic rings. The number of ether oxygens (including phenoxy) is 1. The van der Waals surface area contributed by atoms with Gasteiger partial charge < -0.3 is 15.6 Å². The molecular formula is C23H25NO4. The lowest BCUT2D eigenvalue weighted by atomic mass is 9.76. The second-order valence-corrected chi connectivity index (χ2v) is 7.81. The first-order chi connectivity index (χ1) is 13.6. The van der Waals surface area contributed by atoms with Crippen LogP contribution in [0.25, 0.3) is 11.1 Å². The molecule has 0 bridgehead atoms. The van der Waals surface area contributed by atoms with Crippen molar-refractivity contribution in [3.63, 3.8) is 0 Å². The van der Waals surface area contributed by atoms with Crippen LogP contribution in [0.4, 0.5) is 0 Å². The minimum atomic E-state index is -1.64. The van der Waals surface area contributed by atoms with Gasteiger partial charge in [0.15, 0.2) is 5.41 Å². The van der Waals surface area contributed by atoms with Crippen molar-refractivity contribution >= 4 is 11.9 Å². The predicted octanol–water partition coefficient (Wildman–Crippen LogP) is 3.70. The van der Waals surface area contributed by atoms with E-state index in [1.165, 1.54) is 0 Å². The molecule has 3 N–H and O–H groups in total. The summed E-state index contributed by atoms with van der Waals surface area (Å²) >= 11 is 0. The second-order valence-electron chi connectivity index (χ2n) is 7.81. The highest BCUT2D eigenvalue weighted by atomic mass is 16.5. The number of esters is 1. The molecule has 1 saturated carbocycles. The number of hydrogen-bond donors (Lipinski definition) is 2. The van der Waals surface area contributed by atoms with Crippen molar-refractivity contribution in [3.05, 3.63) is 59.7 Å². The monoisotopic (exact) mass is 379 g/mol. The van der Waals surface area contributed by atoms with Crippen molar-refractivity contribution < 1.29 is 19.4 Å². The molecule has 4 rings (SSSR count). The third-order valence-electron chi connectivity index (χ3n) is 6.31. The number of carboxylic acid groups (broad SMARTS) is 1. The van der Waals surface area contributed by atoms with Gasteiger partial charge in [-0.1, -0.05) is 67.8 Å². The minimum absolute atomic E-state index is 0.0933. The number of carbonyl (C=O) groups is 2. The lowest BCUT2D eigenvalue weighted by Crippen LogP contribution is -2.53.